The van der Waals surface area contributed by atoms with E-state index in [2.05, 4.69) is 21.1 Å². The molecule has 4 heterocycles. The van der Waals surface area contributed by atoms with E-state index >= 15 is 4.39 Å². The number of carbonyl (C=O) groups excluding carboxylic acids is 4. The summed E-state index contributed by atoms with van der Waals surface area (Å²) in [5.41, 5.74) is -2.16. The van der Waals surface area contributed by atoms with Gasteiger partial charge in [0.25, 0.3) is 5.91 Å². The molecule has 0 aliphatic carbocycles. The molecule has 3 aliphatic heterocycles. The summed E-state index contributed by atoms with van der Waals surface area (Å²) < 4.78 is 27.2. The maximum absolute atomic E-state index is 16.0. The number of nitrogens with one attached hydrogen (secondary N) is 3. The summed E-state index contributed by atoms with van der Waals surface area (Å²) in [6.07, 6.45) is -1.19. The predicted molar refractivity (Wildman–Crippen MR) is 120 cm³/mol. The van der Waals surface area contributed by atoms with Crippen LogP contribution in [0, 0.1) is 11.2 Å². The van der Waals surface area contributed by atoms with Gasteiger partial charge in [0.2, 0.25) is 17.4 Å². The van der Waals surface area contributed by atoms with Crippen molar-refractivity contribution in [3.63, 3.8) is 0 Å². The fourth-order valence-electron chi connectivity index (χ4n) is 5.51. The second-order valence-corrected chi connectivity index (χ2v) is 10.4. The highest BCUT2D eigenvalue weighted by atomic mass is 19.1. The molecule has 3 unspecified atom stereocenters. The molecule has 0 bridgehead atoms. The van der Waals surface area contributed by atoms with Gasteiger partial charge in [0, 0.05) is 18.5 Å². The van der Waals surface area contributed by atoms with Crippen LogP contribution in [0.2, 0.25) is 0 Å². The van der Waals surface area contributed by atoms with E-state index in [1.807, 2.05) is 0 Å². The number of barbiturate groups is 1. The average molecular weight is 487 g/mol. The fraction of sp³-hybridized carbons (Fsp3) is 0.522. The zero-order valence-electron chi connectivity index (χ0n) is 19.9. The van der Waals surface area contributed by atoms with Crippen molar-refractivity contribution < 1.29 is 32.8 Å². The van der Waals surface area contributed by atoms with Crippen molar-refractivity contribution in [3.8, 4) is 0 Å². The van der Waals surface area contributed by atoms with Crippen molar-refractivity contribution in [2.45, 2.75) is 64.8 Å². The summed E-state index contributed by atoms with van der Waals surface area (Å²) in [4.78, 5) is 52.8. The maximum Gasteiger partial charge on any atom is 0.328 e. The minimum atomic E-state index is -1.76. The van der Waals surface area contributed by atoms with Crippen LogP contribution < -0.4 is 20.9 Å². The van der Waals surface area contributed by atoms with Crippen LogP contribution in [-0.2, 0) is 20.7 Å². The number of amides is 5. The number of nitrogens with zero attached hydrogens (tertiary/aromatic N) is 2. The number of aromatic nitrogens is 1. The van der Waals surface area contributed by atoms with Gasteiger partial charge in [-0.3, -0.25) is 25.0 Å². The number of ether oxygens (including phenoxy) is 1. The molecule has 1 spiro atoms. The Bertz CT molecular complexity index is 1280. The molecule has 12 heteroatoms. The van der Waals surface area contributed by atoms with Crippen LogP contribution in [0.25, 0.3) is 11.0 Å². The van der Waals surface area contributed by atoms with Gasteiger partial charge < -0.3 is 19.5 Å². The van der Waals surface area contributed by atoms with E-state index < -0.39 is 52.7 Å². The highest BCUT2D eigenvalue weighted by molar-refractivity contribution is 6.20. The van der Waals surface area contributed by atoms with Crippen LogP contribution >= 0.6 is 0 Å². The van der Waals surface area contributed by atoms with Gasteiger partial charge >= 0.3 is 6.03 Å². The number of fused-ring (bicyclic) bond motifs is 5. The number of rotatable bonds is 1. The molecule has 2 fully saturated rings. The van der Waals surface area contributed by atoms with E-state index in [0.717, 1.165) is 0 Å². The van der Waals surface area contributed by atoms with E-state index in [4.69, 9.17) is 9.26 Å². The Morgan fingerprint density at radius 3 is 2.51 bits per heavy atom. The maximum atomic E-state index is 16.0. The summed E-state index contributed by atoms with van der Waals surface area (Å²) in [5, 5.41) is 11.1. The number of morpholine rings is 1. The largest absolute Gasteiger partial charge is 0.372 e. The lowest BCUT2D eigenvalue weighted by atomic mass is 9.66. The van der Waals surface area contributed by atoms with E-state index in [0.29, 0.717) is 5.56 Å². The molecule has 0 radical (unpaired) electrons. The summed E-state index contributed by atoms with van der Waals surface area (Å²) in [5.74, 6) is -2.86. The van der Waals surface area contributed by atoms with Crippen molar-refractivity contribution in [1.29, 1.82) is 0 Å². The second kappa shape index (κ2) is 7.48. The Morgan fingerprint density at radius 1 is 1.23 bits per heavy atom. The predicted octanol–water partition coefficient (Wildman–Crippen LogP) is 1.39. The molecule has 11 nitrogen and oxygen atoms in total. The second-order valence-electron chi connectivity index (χ2n) is 10.4. The van der Waals surface area contributed by atoms with Gasteiger partial charge in [-0.05, 0) is 46.2 Å². The lowest BCUT2D eigenvalue weighted by molar-refractivity contribution is -0.153. The van der Waals surface area contributed by atoms with Crippen LogP contribution in [0.5, 0.6) is 0 Å². The summed E-state index contributed by atoms with van der Waals surface area (Å²) in [6.45, 7) is 9.08. The number of hydrogen-bond donors (Lipinski definition) is 3. The van der Waals surface area contributed by atoms with E-state index in [1.165, 1.54) is 6.07 Å². The number of urea groups is 1. The molecule has 5 amide bonds. The molecule has 1 aromatic carbocycles. The number of carbonyl (C=O) groups is 4. The first-order valence-electron chi connectivity index (χ1n) is 11.4. The Balaban J connectivity index is 1.72. The number of imide groups is 2. The first kappa shape index (κ1) is 23.2. The standard InChI is InChI=1S/C23H26FN5O6/c1-9-8-29-15-11(6-12-14(18(30)27-22(3,4)5)28-35-16(12)13(15)24)7-23(17(29)10(2)34-9)19(31)25-21(33)26-20(23)32/h6,9-10,17H,7-8H2,1-5H3,(H,27,30)(H2,25,26,31,32,33). The quantitative estimate of drug-likeness (QED) is 0.512. The summed E-state index contributed by atoms with van der Waals surface area (Å²) in [6, 6.07) is -0.276. The molecular formula is C23H26FN5O6. The van der Waals surface area contributed by atoms with Gasteiger partial charge in [-0.15, -0.1) is 0 Å². The third-order valence-corrected chi connectivity index (χ3v) is 6.67. The van der Waals surface area contributed by atoms with Gasteiger partial charge in [-0.25, -0.2) is 9.18 Å². The lowest BCUT2D eigenvalue weighted by Crippen LogP contribution is -2.75. The third-order valence-electron chi connectivity index (χ3n) is 6.67. The Hall–Kier alpha value is -3.54. The monoisotopic (exact) mass is 487 g/mol. The highest BCUT2D eigenvalue weighted by Gasteiger charge is 2.63. The fourth-order valence-corrected chi connectivity index (χ4v) is 5.51. The minimum Gasteiger partial charge on any atom is -0.372 e. The molecule has 2 saturated heterocycles. The topological polar surface area (TPSA) is 143 Å². The number of benzene rings is 1. The Kier molecular flexibility index (Phi) is 4.96. The lowest BCUT2D eigenvalue weighted by Gasteiger charge is -2.55. The smallest absolute Gasteiger partial charge is 0.328 e. The van der Waals surface area contributed by atoms with Crippen molar-refractivity contribution in [1.82, 2.24) is 21.1 Å². The van der Waals surface area contributed by atoms with Crippen LogP contribution in [0.3, 0.4) is 0 Å². The molecule has 5 rings (SSSR count). The van der Waals surface area contributed by atoms with Gasteiger partial charge in [0.05, 0.1) is 29.3 Å². The molecule has 3 aliphatic rings. The van der Waals surface area contributed by atoms with Gasteiger partial charge in [-0.1, -0.05) is 5.16 Å². The normalized spacial score (nSPS) is 25.7. The summed E-state index contributed by atoms with van der Waals surface area (Å²) >= 11 is 0. The van der Waals surface area contributed by atoms with Crippen LogP contribution in [-0.4, -0.2) is 59.2 Å². The molecular weight excluding hydrogens is 461 g/mol. The molecule has 3 atom stereocenters. The van der Waals surface area contributed by atoms with E-state index in [-0.39, 0.29) is 41.4 Å². The first-order valence-corrected chi connectivity index (χ1v) is 11.4. The summed E-state index contributed by atoms with van der Waals surface area (Å²) in [7, 11) is 0. The van der Waals surface area contributed by atoms with Crippen LogP contribution in [0.1, 0.15) is 50.7 Å². The minimum absolute atomic E-state index is 0.107. The average Bonchev–Trinajstić information content (AvgIpc) is 3.14. The number of hydrogen-bond acceptors (Lipinski definition) is 8. The molecule has 1 aromatic heterocycles. The van der Waals surface area contributed by atoms with Crippen molar-refractivity contribution in [2.75, 3.05) is 11.4 Å². The molecule has 2 aromatic rings. The highest BCUT2D eigenvalue weighted by Crippen LogP contribution is 2.49. The number of anilines is 1. The molecule has 186 valence electrons. The third kappa shape index (κ3) is 3.38. The van der Waals surface area contributed by atoms with Crippen molar-refractivity contribution in [3.05, 3.63) is 23.1 Å². The van der Waals surface area contributed by atoms with Crippen LogP contribution in [0.4, 0.5) is 14.9 Å². The van der Waals surface area contributed by atoms with Gasteiger partial charge in [-0.2, -0.15) is 0 Å². The molecule has 0 saturated carbocycles. The first-order chi connectivity index (χ1) is 16.3. The molecule has 3 N–H and O–H groups in total. The Morgan fingerprint density at radius 2 is 1.89 bits per heavy atom. The van der Waals surface area contributed by atoms with E-state index in [1.54, 1.807) is 39.5 Å². The Labute approximate surface area is 199 Å². The number of halogens is 1. The van der Waals surface area contributed by atoms with Crippen molar-refractivity contribution in [2.24, 2.45) is 5.41 Å². The van der Waals surface area contributed by atoms with Gasteiger partial charge in [0.15, 0.2) is 16.9 Å². The zero-order chi connectivity index (χ0) is 25.4. The van der Waals surface area contributed by atoms with Gasteiger partial charge in [0.1, 0.15) is 0 Å². The van der Waals surface area contributed by atoms with Crippen molar-refractivity contribution >= 4 is 40.4 Å². The zero-order valence-corrected chi connectivity index (χ0v) is 19.9. The molecule has 35 heavy (non-hydrogen) atoms. The van der Waals surface area contributed by atoms with Crippen LogP contribution in [0.15, 0.2) is 10.6 Å². The van der Waals surface area contributed by atoms with E-state index in [9.17, 15) is 19.2 Å². The SMILES string of the molecule is CC1CN2c3c(cc4c(C(=O)NC(C)(C)C)noc4c3F)CC3(C(=O)NC(=O)NC3=O)C2C(C)O1.